The molecule has 2 heterocycles. The molecule has 2 aromatic heterocycles. The van der Waals surface area contributed by atoms with Gasteiger partial charge in [-0.2, -0.15) is 0 Å². The standard InChI is InChI=1S/C43H28N2/c1-2-14-29(15-3-1)44-39-23-10-8-19-33(39)37-26-38-34-20-9-11-24-40(34)45(42(38)27-41(37)44)30-16-12-13-28(25-30)43-35-21-6-4-17-31(35)32-18-5-7-22-36(32)43/h1-27,43H. The Balaban J connectivity index is 1.26. The van der Waals surface area contributed by atoms with Crippen molar-refractivity contribution < 1.29 is 0 Å². The Kier molecular flexibility index (Phi) is 5.09. The number of nitrogens with zero attached hydrogens (tertiary/aromatic N) is 2. The SMILES string of the molecule is c1ccc(-n2c3ccccc3c3cc4c5ccccc5n(-c5cccc(C6c7ccccc7-c7ccccc76)c5)c4cc32)cc1. The van der Waals surface area contributed by atoms with Crippen LogP contribution >= 0.6 is 0 Å². The van der Waals surface area contributed by atoms with E-state index in [9.17, 15) is 0 Å². The fourth-order valence-electron chi connectivity index (χ4n) is 7.92. The first-order chi connectivity index (χ1) is 22.3. The molecule has 0 saturated heterocycles. The van der Waals surface area contributed by atoms with Crippen molar-refractivity contribution in [3.63, 3.8) is 0 Å². The van der Waals surface area contributed by atoms with E-state index in [1.165, 1.54) is 82.8 Å². The van der Waals surface area contributed by atoms with Gasteiger partial charge in [0.15, 0.2) is 0 Å². The molecule has 0 radical (unpaired) electrons. The van der Waals surface area contributed by atoms with Gasteiger partial charge in [0.25, 0.3) is 0 Å². The number of para-hydroxylation sites is 3. The molecule has 0 spiro atoms. The van der Waals surface area contributed by atoms with E-state index < -0.39 is 0 Å². The summed E-state index contributed by atoms with van der Waals surface area (Å²) in [6, 6.07) is 60.2. The Bertz CT molecular complexity index is 2550. The van der Waals surface area contributed by atoms with Gasteiger partial charge in [-0.25, -0.2) is 0 Å². The van der Waals surface area contributed by atoms with Gasteiger partial charge in [0, 0.05) is 38.8 Å². The zero-order valence-corrected chi connectivity index (χ0v) is 24.6. The van der Waals surface area contributed by atoms with Crippen molar-refractivity contribution in [2.75, 3.05) is 0 Å². The van der Waals surface area contributed by atoms with Crippen LogP contribution in [0.1, 0.15) is 22.6 Å². The lowest BCUT2D eigenvalue weighted by Gasteiger charge is -2.17. The zero-order valence-electron chi connectivity index (χ0n) is 24.6. The van der Waals surface area contributed by atoms with Gasteiger partial charge in [0.1, 0.15) is 0 Å². The predicted molar refractivity (Wildman–Crippen MR) is 188 cm³/mol. The molecule has 0 atom stereocenters. The second-order valence-electron chi connectivity index (χ2n) is 12.1. The summed E-state index contributed by atoms with van der Waals surface area (Å²) in [6.45, 7) is 0. The predicted octanol–water partition coefficient (Wildman–Crippen LogP) is 11.0. The molecule has 0 saturated carbocycles. The summed E-state index contributed by atoms with van der Waals surface area (Å²) >= 11 is 0. The molecular formula is C43H28N2. The second-order valence-corrected chi connectivity index (χ2v) is 12.1. The Hall–Kier alpha value is -5.86. The van der Waals surface area contributed by atoms with Crippen molar-refractivity contribution in [2.45, 2.75) is 5.92 Å². The minimum Gasteiger partial charge on any atom is -0.309 e. The lowest BCUT2D eigenvalue weighted by atomic mass is 9.89. The normalized spacial score (nSPS) is 12.8. The van der Waals surface area contributed by atoms with Crippen LogP contribution in [0, 0.1) is 0 Å². The molecule has 1 aliphatic carbocycles. The third kappa shape index (κ3) is 3.45. The van der Waals surface area contributed by atoms with Gasteiger partial charge in [0.2, 0.25) is 0 Å². The van der Waals surface area contributed by atoms with Crippen LogP contribution in [0.4, 0.5) is 0 Å². The van der Waals surface area contributed by atoms with E-state index in [4.69, 9.17) is 0 Å². The maximum atomic E-state index is 2.47. The fraction of sp³-hybridized carbons (Fsp3) is 0.0233. The van der Waals surface area contributed by atoms with Crippen LogP contribution in [0.2, 0.25) is 0 Å². The van der Waals surface area contributed by atoms with E-state index in [-0.39, 0.29) is 5.92 Å². The van der Waals surface area contributed by atoms with Crippen molar-refractivity contribution in [1.29, 1.82) is 0 Å². The minimum atomic E-state index is 0.206. The molecule has 9 aromatic rings. The maximum Gasteiger partial charge on any atom is 0.0562 e. The number of aromatic nitrogens is 2. The summed E-state index contributed by atoms with van der Waals surface area (Å²) in [4.78, 5) is 0. The number of hydrogen-bond donors (Lipinski definition) is 0. The van der Waals surface area contributed by atoms with Gasteiger partial charge in [-0.15, -0.1) is 0 Å². The molecule has 10 rings (SSSR count). The van der Waals surface area contributed by atoms with Gasteiger partial charge in [-0.1, -0.05) is 115 Å². The van der Waals surface area contributed by atoms with E-state index >= 15 is 0 Å². The van der Waals surface area contributed by atoms with Crippen LogP contribution in [-0.4, -0.2) is 9.13 Å². The summed E-state index contributed by atoms with van der Waals surface area (Å²) in [5, 5.41) is 5.09. The van der Waals surface area contributed by atoms with E-state index in [1.807, 2.05) is 0 Å². The number of hydrogen-bond acceptors (Lipinski definition) is 0. The molecule has 0 unspecified atom stereocenters. The molecule has 0 N–H and O–H groups in total. The molecule has 0 fully saturated rings. The molecule has 1 aliphatic rings. The highest BCUT2D eigenvalue weighted by molar-refractivity contribution is 6.19. The molecule has 2 heteroatoms. The Morgan fingerprint density at radius 3 is 1.49 bits per heavy atom. The molecule has 45 heavy (non-hydrogen) atoms. The van der Waals surface area contributed by atoms with Crippen LogP contribution in [0.15, 0.2) is 164 Å². The van der Waals surface area contributed by atoms with Gasteiger partial charge in [-0.05, 0) is 76.3 Å². The molecule has 7 aromatic carbocycles. The quantitative estimate of drug-likeness (QED) is 0.199. The highest BCUT2D eigenvalue weighted by atomic mass is 15.0. The monoisotopic (exact) mass is 572 g/mol. The van der Waals surface area contributed by atoms with Gasteiger partial charge in [-0.3, -0.25) is 0 Å². The van der Waals surface area contributed by atoms with Gasteiger partial charge < -0.3 is 9.13 Å². The molecule has 2 nitrogen and oxygen atoms in total. The Morgan fingerprint density at radius 1 is 0.333 bits per heavy atom. The molecular weight excluding hydrogens is 544 g/mol. The first kappa shape index (κ1) is 24.6. The largest absolute Gasteiger partial charge is 0.309 e. The number of fused-ring (bicyclic) bond motifs is 9. The summed E-state index contributed by atoms with van der Waals surface area (Å²) in [5.41, 5.74) is 14.0. The van der Waals surface area contributed by atoms with Crippen LogP contribution in [0.25, 0.3) is 66.1 Å². The second kappa shape index (κ2) is 9.32. The van der Waals surface area contributed by atoms with Gasteiger partial charge >= 0.3 is 0 Å². The summed E-state index contributed by atoms with van der Waals surface area (Å²) < 4.78 is 4.88. The van der Waals surface area contributed by atoms with Gasteiger partial charge in [0.05, 0.1) is 22.1 Å². The first-order valence-electron chi connectivity index (χ1n) is 15.7. The van der Waals surface area contributed by atoms with Crippen LogP contribution < -0.4 is 0 Å². The highest BCUT2D eigenvalue weighted by Gasteiger charge is 2.29. The fourth-order valence-corrected chi connectivity index (χ4v) is 7.92. The molecule has 0 bridgehead atoms. The number of rotatable bonds is 3. The molecule has 0 amide bonds. The van der Waals surface area contributed by atoms with Crippen molar-refractivity contribution in [3.05, 3.63) is 180 Å². The molecule has 210 valence electrons. The Labute approximate surface area is 261 Å². The van der Waals surface area contributed by atoms with Crippen LogP contribution in [-0.2, 0) is 0 Å². The Morgan fingerprint density at radius 2 is 0.844 bits per heavy atom. The van der Waals surface area contributed by atoms with E-state index in [0.29, 0.717) is 0 Å². The smallest absolute Gasteiger partial charge is 0.0562 e. The lowest BCUT2D eigenvalue weighted by molar-refractivity contribution is 1.01. The average molecular weight is 573 g/mol. The van der Waals surface area contributed by atoms with E-state index in [1.54, 1.807) is 0 Å². The number of benzene rings is 7. The van der Waals surface area contributed by atoms with Crippen LogP contribution in [0.5, 0.6) is 0 Å². The third-order valence-corrected chi connectivity index (χ3v) is 9.78. The minimum absolute atomic E-state index is 0.206. The van der Waals surface area contributed by atoms with Crippen LogP contribution in [0.3, 0.4) is 0 Å². The van der Waals surface area contributed by atoms with E-state index in [2.05, 4.69) is 173 Å². The van der Waals surface area contributed by atoms with Crippen molar-refractivity contribution >= 4 is 43.6 Å². The highest BCUT2D eigenvalue weighted by Crippen LogP contribution is 2.48. The lowest BCUT2D eigenvalue weighted by Crippen LogP contribution is -2.01. The maximum absolute atomic E-state index is 2.47. The summed E-state index contributed by atoms with van der Waals surface area (Å²) in [5.74, 6) is 0.206. The summed E-state index contributed by atoms with van der Waals surface area (Å²) in [6.07, 6.45) is 0. The van der Waals surface area contributed by atoms with E-state index in [0.717, 1.165) is 0 Å². The molecule has 0 aliphatic heterocycles. The zero-order chi connectivity index (χ0) is 29.5. The van der Waals surface area contributed by atoms with Crippen molar-refractivity contribution in [1.82, 2.24) is 9.13 Å². The third-order valence-electron chi connectivity index (χ3n) is 9.78. The van der Waals surface area contributed by atoms with Crippen molar-refractivity contribution in [2.24, 2.45) is 0 Å². The van der Waals surface area contributed by atoms with Crippen molar-refractivity contribution in [3.8, 4) is 22.5 Å². The summed E-state index contributed by atoms with van der Waals surface area (Å²) in [7, 11) is 0. The first-order valence-corrected chi connectivity index (χ1v) is 15.7. The average Bonchev–Trinajstić information content (AvgIpc) is 3.73. The topological polar surface area (TPSA) is 9.86 Å².